The number of carbonyl (C=O) groups is 2. The molecule has 6 nitrogen and oxygen atoms in total. The van der Waals surface area contributed by atoms with Crippen molar-refractivity contribution in [3.05, 3.63) is 17.5 Å². The summed E-state index contributed by atoms with van der Waals surface area (Å²) in [6.45, 7) is 3.46. The number of carboxylic acid groups (broad SMARTS) is 1. The Bertz CT molecular complexity index is 411. The van der Waals surface area contributed by atoms with Gasteiger partial charge in [0, 0.05) is 12.7 Å². The predicted octanol–water partition coefficient (Wildman–Crippen LogP) is 0.322. The number of aryl methyl sites for hydroxylation is 1. The number of aromatic nitrogens is 2. The van der Waals surface area contributed by atoms with Crippen LogP contribution in [0.2, 0.25) is 0 Å². The summed E-state index contributed by atoms with van der Waals surface area (Å²) in [6.07, 6.45) is 1.78. The van der Waals surface area contributed by atoms with Crippen LogP contribution in [0.3, 0.4) is 0 Å². The van der Waals surface area contributed by atoms with Gasteiger partial charge in [-0.2, -0.15) is 5.10 Å². The maximum atomic E-state index is 11.7. The third kappa shape index (κ3) is 2.39. The van der Waals surface area contributed by atoms with E-state index in [0.29, 0.717) is 17.7 Å². The number of rotatable bonds is 4. The van der Waals surface area contributed by atoms with E-state index in [9.17, 15) is 9.59 Å². The largest absolute Gasteiger partial charge is 0.480 e. The van der Waals surface area contributed by atoms with Crippen LogP contribution in [-0.2, 0) is 11.8 Å². The molecule has 6 heteroatoms. The number of hydrogen-bond donors (Lipinski definition) is 2. The highest BCUT2D eigenvalue weighted by atomic mass is 16.4. The van der Waals surface area contributed by atoms with E-state index in [0.717, 1.165) is 0 Å². The number of aliphatic carboxylic acids is 1. The minimum Gasteiger partial charge on any atom is -0.480 e. The van der Waals surface area contributed by atoms with Crippen molar-refractivity contribution in [2.24, 2.45) is 7.05 Å². The molecule has 1 rings (SSSR count). The minimum absolute atomic E-state index is 0.348. The van der Waals surface area contributed by atoms with Crippen LogP contribution < -0.4 is 5.32 Å². The summed E-state index contributed by atoms with van der Waals surface area (Å²) >= 11 is 0. The third-order valence-electron chi connectivity index (χ3n) is 2.49. The minimum atomic E-state index is -1.03. The van der Waals surface area contributed by atoms with Crippen LogP contribution in [0, 0.1) is 6.92 Å². The molecular weight excluding hydrogens is 210 g/mol. The van der Waals surface area contributed by atoms with Gasteiger partial charge in [-0.3, -0.25) is 9.48 Å². The first kappa shape index (κ1) is 12.2. The molecule has 2 N–H and O–H groups in total. The molecule has 0 aliphatic carbocycles. The van der Waals surface area contributed by atoms with Crippen molar-refractivity contribution in [1.29, 1.82) is 0 Å². The Morgan fingerprint density at radius 2 is 2.25 bits per heavy atom. The van der Waals surface area contributed by atoms with Crippen molar-refractivity contribution in [2.45, 2.75) is 26.3 Å². The van der Waals surface area contributed by atoms with Crippen molar-refractivity contribution in [2.75, 3.05) is 0 Å². The summed E-state index contributed by atoms with van der Waals surface area (Å²) in [5.74, 6) is -1.43. The highest BCUT2D eigenvalue weighted by molar-refractivity contribution is 5.97. The van der Waals surface area contributed by atoms with E-state index in [-0.39, 0.29) is 0 Å². The summed E-state index contributed by atoms with van der Waals surface area (Å²) in [7, 11) is 1.72. The van der Waals surface area contributed by atoms with Crippen molar-refractivity contribution in [3.8, 4) is 0 Å². The van der Waals surface area contributed by atoms with Gasteiger partial charge in [0.2, 0.25) is 0 Å². The first-order valence-corrected chi connectivity index (χ1v) is 4.99. The summed E-state index contributed by atoms with van der Waals surface area (Å²) in [5, 5.41) is 15.2. The highest BCUT2D eigenvalue weighted by Crippen LogP contribution is 2.06. The second-order valence-corrected chi connectivity index (χ2v) is 3.54. The maximum absolute atomic E-state index is 11.7. The average molecular weight is 225 g/mol. The highest BCUT2D eigenvalue weighted by Gasteiger charge is 2.20. The van der Waals surface area contributed by atoms with Gasteiger partial charge in [0.25, 0.3) is 5.91 Å². The Labute approximate surface area is 93.3 Å². The summed E-state index contributed by atoms with van der Waals surface area (Å²) in [5.41, 5.74) is 1.11. The SMILES string of the molecule is CC[C@@H](NC(=O)c1cnn(C)c1C)C(=O)O. The zero-order valence-corrected chi connectivity index (χ0v) is 9.52. The smallest absolute Gasteiger partial charge is 0.326 e. The number of amides is 1. The number of hydrogen-bond acceptors (Lipinski definition) is 3. The fraction of sp³-hybridized carbons (Fsp3) is 0.500. The van der Waals surface area contributed by atoms with Crippen LogP contribution in [0.5, 0.6) is 0 Å². The first-order valence-electron chi connectivity index (χ1n) is 4.99. The second kappa shape index (κ2) is 4.78. The van der Waals surface area contributed by atoms with E-state index in [1.807, 2.05) is 0 Å². The molecule has 1 aromatic heterocycles. The average Bonchev–Trinajstić information content (AvgIpc) is 2.55. The van der Waals surface area contributed by atoms with Crippen molar-refractivity contribution >= 4 is 11.9 Å². The molecule has 0 aliphatic rings. The van der Waals surface area contributed by atoms with Gasteiger partial charge in [-0.05, 0) is 13.3 Å². The molecule has 1 heterocycles. The molecule has 0 aromatic carbocycles. The second-order valence-electron chi connectivity index (χ2n) is 3.54. The van der Waals surface area contributed by atoms with Gasteiger partial charge in [-0.25, -0.2) is 4.79 Å². The predicted molar refractivity (Wildman–Crippen MR) is 57.1 cm³/mol. The molecule has 1 atom stereocenters. The van der Waals surface area contributed by atoms with Gasteiger partial charge < -0.3 is 10.4 Å². The Hall–Kier alpha value is -1.85. The van der Waals surface area contributed by atoms with E-state index in [4.69, 9.17) is 5.11 Å². The summed E-state index contributed by atoms with van der Waals surface area (Å²) < 4.78 is 1.57. The number of carboxylic acids is 1. The molecule has 0 bridgehead atoms. The van der Waals surface area contributed by atoms with Crippen molar-refractivity contribution in [1.82, 2.24) is 15.1 Å². The van der Waals surface area contributed by atoms with Gasteiger partial charge in [0.15, 0.2) is 0 Å². The van der Waals surface area contributed by atoms with E-state index in [1.54, 1.807) is 25.6 Å². The van der Waals surface area contributed by atoms with Gasteiger partial charge in [-0.1, -0.05) is 6.92 Å². The van der Waals surface area contributed by atoms with Gasteiger partial charge in [0.1, 0.15) is 6.04 Å². The summed E-state index contributed by atoms with van der Waals surface area (Å²) in [4.78, 5) is 22.5. The van der Waals surface area contributed by atoms with E-state index in [1.165, 1.54) is 6.20 Å². The topological polar surface area (TPSA) is 84.2 Å². The van der Waals surface area contributed by atoms with Crippen molar-refractivity contribution in [3.63, 3.8) is 0 Å². The molecule has 0 radical (unpaired) electrons. The lowest BCUT2D eigenvalue weighted by Gasteiger charge is -2.11. The molecular formula is C10H15N3O3. The van der Waals surface area contributed by atoms with Crippen LogP contribution in [0.4, 0.5) is 0 Å². The van der Waals surface area contributed by atoms with Crippen LogP contribution in [0.1, 0.15) is 29.4 Å². The molecule has 1 aromatic rings. The molecule has 0 unspecified atom stereocenters. The van der Waals surface area contributed by atoms with Gasteiger partial charge in [0.05, 0.1) is 11.8 Å². The lowest BCUT2D eigenvalue weighted by Crippen LogP contribution is -2.40. The molecule has 0 saturated carbocycles. The van der Waals surface area contributed by atoms with E-state index < -0.39 is 17.9 Å². The zero-order chi connectivity index (χ0) is 12.3. The molecule has 0 saturated heterocycles. The number of nitrogens with zero attached hydrogens (tertiary/aromatic N) is 2. The molecule has 16 heavy (non-hydrogen) atoms. The van der Waals surface area contributed by atoms with Crippen LogP contribution in [-0.4, -0.2) is 32.8 Å². The normalized spacial score (nSPS) is 12.2. The number of carbonyl (C=O) groups excluding carboxylic acids is 1. The fourth-order valence-electron chi connectivity index (χ4n) is 1.30. The van der Waals surface area contributed by atoms with Crippen LogP contribution in [0.15, 0.2) is 6.20 Å². The Morgan fingerprint density at radius 3 is 2.62 bits per heavy atom. The Kier molecular flexibility index (Phi) is 3.65. The van der Waals surface area contributed by atoms with E-state index >= 15 is 0 Å². The molecule has 0 aliphatic heterocycles. The molecule has 0 fully saturated rings. The Balaban J connectivity index is 2.80. The first-order chi connectivity index (χ1) is 7.47. The Morgan fingerprint density at radius 1 is 1.62 bits per heavy atom. The lowest BCUT2D eigenvalue weighted by molar-refractivity contribution is -0.139. The van der Waals surface area contributed by atoms with Crippen LogP contribution in [0.25, 0.3) is 0 Å². The maximum Gasteiger partial charge on any atom is 0.326 e. The monoisotopic (exact) mass is 225 g/mol. The van der Waals surface area contributed by atoms with Crippen LogP contribution >= 0.6 is 0 Å². The zero-order valence-electron chi connectivity index (χ0n) is 9.52. The van der Waals surface area contributed by atoms with Crippen molar-refractivity contribution < 1.29 is 14.7 Å². The molecule has 88 valence electrons. The quantitative estimate of drug-likeness (QED) is 0.773. The van der Waals surface area contributed by atoms with Gasteiger partial charge in [-0.15, -0.1) is 0 Å². The fourth-order valence-corrected chi connectivity index (χ4v) is 1.30. The number of nitrogens with one attached hydrogen (secondary N) is 1. The standard InChI is InChI=1S/C10H15N3O3/c1-4-8(10(15)16)12-9(14)7-5-11-13(3)6(7)2/h5,8H,4H2,1-3H3,(H,12,14)(H,15,16)/t8-/m1/s1. The lowest BCUT2D eigenvalue weighted by atomic mass is 10.2. The molecule has 1 amide bonds. The van der Waals surface area contributed by atoms with E-state index in [2.05, 4.69) is 10.4 Å². The summed E-state index contributed by atoms with van der Waals surface area (Å²) in [6, 6.07) is -0.855. The third-order valence-corrected chi connectivity index (χ3v) is 2.49. The van der Waals surface area contributed by atoms with Gasteiger partial charge >= 0.3 is 5.97 Å². The molecule has 0 spiro atoms.